The van der Waals surface area contributed by atoms with E-state index in [-0.39, 0.29) is 21.8 Å². The number of carbonyl (C=O) groups excluding carboxylic acids is 2. The molecular formula is C24H31N3O5S. The molecule has 178 valence electrons. The van der Waals surface area contributed by atoms with Crippen LogP contribution in [0.1, 0.15) is 54.3 Å². The third kappa shape index (κ3) is 5.54. The Morgan fingerprint density at radius 2 is 1.76 bits per heavy atom. The van der Waals surface area contributed by atoms with Crippen molar-refractivity contribution in [1.82, 2.24) is 4.31 Å². The van der Waals surface area contributed by atoms with E-state index in [4.69, 9.17) is 10.5 Å². The molecule has 1 aliphatic heterocycles. The van der Waals surface area contributed by atoms with Crippen LogP contribution < -0.4 is 15.4 Å². The summed E-state index contributed by atoms with van der Waals surface area (Å²) in [7, 11) is -3.76. The first-order chi connectivity index (χ1) is 15.7. The molecule has 0 unspecified atom stereocenters. The van der Waals surface area contributed by atoms with Crippen molar-refractivity contribution >= 4 is 27.6 Å². The van der Waals surface area contributed by atoms with Gasteiger partial charge in [-0.05, 0) is 55.2 Å². The predicted octanol–water partition coefficient (Wildman–Crippen LogP) is 3.27. The summed E-state index contributed by atoms with van der Waals surface area (Å²) >= 11 is 0. The molecule has 0 aromatic heterocycles. The lowest BCUT2D eigenvalue weighted by atomic mass is 9.98. The van der Waals surface area contributed by atoms with Crippen LogP contribution in [0.15, 0.2) is 47.4 Å². The van der Waals surface area contributed by atoms with E-state index < -0.39 is 21.9 Å². The standard InChI is InChI=1S/C24H31N3O5S/c1-4-27(5-2)33(30,31)20-9-10-22(26-13-11-17(3)12-14-26)21(16-20)24(29)32-19-8-6-7-18(15-19)23(25)28/h6-10,15-17H,4-5,11-14H2,1-3H3,(H2,25,28). The summed E-state index contributed by atoms with van der Waals surface area (Å²) < 4.78 is 33.1. The molecule has 2 N–H and O–H groups in total. The van der Waals surface area contributed by atoms with Crippen molar-refractivity contribution in [2.75, 3.05) is 31.1 Å². The van der Waals surface area contributed by atoms with Gasteiger partial charge in [0.25, 0.3) is 0 Å². The van der Waals surface area contributed by atoms with Gasteiger partial charge in [-0.25, -0.2) is 13.2 Å². The summed E-state index contributed by atoms with van der Waals surface area (Å²) in [5.74, 6) is -0.577. The number of hydrogen-bond acceptors (Lipinski definition) is 6. The molecule has 1 heterocycles. The normalized spacial score (nSPS) is 15.0. The van der Waals surface area contributed by atoms with Crippen LogP contribution >= 0.6 is 0 Å². The molecule has 1 saturated heterocycles. The largest absolute Gasteiger partial charge is 0.423 e. The van der Waals surface area contributed by atoms with Crippen LogP contribution in [0.4, 0.5) is 5.69 Å². The lowest BCUT2D eigenvalue weighted by Crippen LogP contribution is -2.34. The number of sulfonamides is 1. The van der Waals surface area contributed by atoms with Gasteiger partial charge < -0.3 is 15.4 Å². The Kier molecular flexibility index (Phi) is 7.76. The molecule has 0 radical (unpaired) electrons. The van der Waals surface area contributed by atoms with Crippen molar-refractivity contribution in [2.24, 2.45) is 11.7 Å². The fourth-order valence-electron chi connectivity index (χ4n) is 3.95. The monoisotopic (exact) mass is 473 g/mol. The zero-order chi connectivity index (χ0) is 24.2. The minimum Gasteiger partial charge on any atom is -0.423 e. The molecule has 0 aliphatic carbocycles. The Hall–Kier alpha value is -2.91. The third-order valence-corrected chi connectivity index (χ3v) is 8.03. The number of benzene rings is 2. The molecule has 1 aliphatic rings. The van der Waals surface area contributed by atoms with Gasteiger partial charge in [0.15, 0.2) is 0 Å². The summed E-state index contributed by atoms with van der Waals surface area (Å²) in [5, 5.41) is 0. The second-order valence-corrected chi connectivity index (χ2v) is 10.2. The van der Waals surface area contributed by atoms with Crippen LogP contribution in [0.5, 0.6) is 5.75 Å². The molecule has 2 aromatic carbocycles. The van der Waals surface area contributed by atoms with Crippen LogP contribution in [0.2, 0.25) is 0 Å². The zero-order valence-electron chi connectivity index (χ0n) is 19.3. The number of carbonyl (C=O) groups is 2. The molecular weight excluding hydrogens is 442 g/mol. The van der Waals surface area contributed by atoms with Crippen molar-refractivity contribution in [2.45, 2.75) is 38.5 Å². The summed E-state index contributed by atoms with van der Waals surface area (Å²) in [6, 6.07) is 10.6. The third-order valence-electron chi connectivity index (χ3n) is 5.98. The Balaban J connectivity index is 2.02. The highest BCUT2D eigenvalue weighted by Crippen LogP contribution is 2.30. The highest BCUT2D eigenvalue weighted by atomic mass is 32.2. The fourth-order valence-corrected chi connectivity index (χ4v) is 5.44. The zero-order valence-corrected chi connectivity index (χ0v) is 20.1. The number of primary amides is 1. The molecule has 0 saturated carbocycles. The van der Waals surface area contributed by atoms with Crippen LogP contribution in [0.25, 0.3) is 0 Å². The van der Waals surface area contributed by atoms with E-state index in [9.17, 15) is 18.0 Å². The number of esters is 1. The number of nitrogens with zero attached hydrogens (tertiary/aromatic N) is 2. The van der Waals surface area contributed by atoms with Gasteiger partial charge in [-0.2, -0.15) is 4.31 Å². The van der Waals surface area contributed by atoms with Crippen molar-refractivity contribution in [3.63, 3.8) is 0 Å². The number of nitrogens with two attached hydrogens (primary N) is 1. The summed E-state index contributed by atoms with van der Waals surface area (Å²) in [4.78, 5) is 26.8. The average Bonchev–Trinajstić information content (AvgIpc) is 2.80. The van der Waals surface area contributed by atoms with Crippen molar-refractivity contribution in [3.8, 4) is 5.75 Å². The Bertz CT molecular complexity index is 1120. The molecule has 1 amide bonds. The van der Waals surface area contributed by atoms with Crippen LogP contribution in [-0.4, -0.2) is 50.8 Å². The van der Waals surface area contributed by atoms with E-state index in [0.29, 0.717) is 24.7 Å². The molecule has 1 fully saturated rings. The summed E-state index contributed by atoms with van der Waals surface area (Å²) in [5.41, 5.74) is 6.34. The lowest BCUT2D eigenvalue weighted by molar-refractivity contribution is 0.0734. The van der Waals surface area contributed by atoms with Crippen LogP contribution in [0.3, 0.4) is 0 Å². The van der Waals surface area contributed by atoms with Crippen LogP contribution in [-0.2, 0) is 10.0 Å². The van der Waals surface area contributed by atoms with Crippen molar-refractivity contribution in [1.29, 1.82) is 0 Å². The minimum atomic E-state index is -3.76. The minimum absolute atomic E-state index is 0.0400. The number of amides is 1. The summed E-state index contributed by atoms with van der Waals surface area (Å²) in [6.07, 6.45) is 1.96. The molecule has 0 bridgehead atoms. The van der Waals surface area contributed by atoms with Crippen LogP contribution in [0, 0.1) is 5.92 Å². The second kappa shape index (κ2) is 10.4. The number of rotatable bonds is 8. The Morgan fingerprint density at radius 3 is 2.36 bits per heavy atom. The average molecular weight is 474 g/mol. The number of ether oxygens (including phenoxy) is 1. The van der Waals surface area contributed by atoms with Gasteiger partial charge in [0.05, 0.1) is 16.1 Å². The van der Waals surface area contributed by atoms with E-state index in [0.717, 1.165) is 25.9 Å². The Labute approximate surface area is 195 Å². The van der Waals surface area contributed by atoms with E-state index >= 15 is 0 Å². The first-order valence-electron chi connectivity index (χ1n) is 11.2. The first-order valence-corrected chi connectivity index (χ1v) is 12.6. The maximum atomic E-state index is 13.2. The maximum Gasteiger partial charge on any atom is 0.345 e. The van der Waals surface area contributed by atoms with Gasteiger partial charge in [-0.3, -0.25) is 4.79 Å². The number of piperidine rings is 1. The molecule has 2 aromatic rings. The van der Waals surface area contributed by atoms with Gasteiger partial charge in [0, 0.05) is 31.7 Å². The SMILES string of the molecule is CCN(CC)S(=O)(=O)c1ccc(N2CCC(C)CC2)c(C(=O)Oc2cccc(C(N)=O)c2)c1. The summed E-state index contributed by atoms with van der Waals surface area (Å²) in [6.45, 7) is 7.91. The van der Waals surface area contributed by atoms with Gasteiger partial charge in [-0.15, -0.1) is 0 Å². The Morgan fingerprint density at radius 1 is 1.09 bits per heavy atom. The molecule has 9 heteroatoms. The quantitative estimate of drug-likeness (QED) is 0.465. The van der Waals surface area contributed by atoms with Crippen molar-refractivity contribution in [3.05, 3.63) is 53.6 Å². The highest BCUT2D eigenvalue weighted by molar-refractivity contribution is 7.89. The highest BCUT2D eigenvalue weighted by Gasteiger charge is 2.27. The molecule has 8 nitrogen and oxygen atoms in total. The molecule has 0 spiro atoms. The van der Waals surface area contributed by atoms with E-state index in [1.807, 2.05) is 0 Å². The smallest absolute Gasteiger partial charge is 0.345 e. The van der Waals surface area contributed by atoms with E-state index in [1.165, 1.54) is 22.5 Å². The van der Waals surface area contributed by atoms with Gasteiger partial charge in [-0.1, -0.05) is 26.8 Å². The molecule has 3 rings (SSSR count). The predicted molar refractivity (Wildman–Crippen MR) is 127 cm³/mol. The lowest BCUT2D eigenvalue weighted by Gasteiger charge is -2.33. The van der Waals surface area contributed by atoms with Gasteiger partial charge >= 0.3 is 5.97 Å². The van der Waals surface area contributed by atoms with E-state index in [1.54, 1.807) is 38.1 Å². The van der Waals surface area contributed by atoms with E-state index in [2.05, 4.69) is 11.8 Å². The topological polar surface area (TPSA) is 110 Å². The first kappa shape index (κ1) is 24.7. The fraction of sp³-hybridized carbons (Fsp3) is 0.417. The molecule has 33 heavy (non-hydrogen) atoms. The number of anilines is 1. The second-order valence-electron chi connectivity index (χ2n) is 8.22. The maximum absolute atomic E-state index is 13.2. The van der Waals surface area contributed by atoms with Gasteiger partial charge in [0.2, 0.25) is 15.9 Å². The van der Waals surface area contributed by atoms with Gasteiger partial charge in [0.1, 0.15) is 5.75 Å². The molecule has 0 atom stereocenters. The number of hydrogen-bond donors (Lipinski definition) is 1. The van der Waals surface area contributed by atoms with Crippen molar-refractivity contribution < 1.29 is 22.7 Å².